The van der Waals surface area contributed by atoms with Gasteiger partial charge >= 0.3 is 0 Å². The molecule has 9 aromatic rings. The molecule has 0 heteroatoms. The minimum Gasteiger partial charge on any atom is -0.0616 e. The largest absolute Gasteiger partial charge is 0.0616 e. The summed E-state index contributed by atoms with van der Waals surface area (Å²) in [6.45, 7) is 0. The third-order valence-electron chi connectivity index (χ3n) is 8.97. The maximum atomic E-state index is 2.37. The van der Waals surface area contributed by atoms with Crippen molar-refractivity contribution in [3.05, 3.63) is 158 Å². The standard InChI is InChI=1S/C42H26/c1-5-17-33-27(11-1)23-24-28-15-9-21-37(39(28)33)38-22-10-16-32-26-31-14-4-8-20-36(31)42(40(32)38)41-34-18-6-2-12-29(34)25-30-13-3-7-19-35(30)41/h1-26H. The van der Waals surface area contributed by atoms with Gasteiger partial charge in [0, 0.05) is 0 Å². The normalized spacial score (nSPS) is 11.8. The predicted molar refractivity (Wildman–Crippen MR) is 182 cm³/mol. The van der Waals surface area contributed by atoms with Crippen molar-refractivity contribution in [1.82, 2.24) is 0 Å². The number of hydrogen-bond donors (Lipinski definition) is 0. The van der Waals surface area contributed by atoms with Crippen molar-refractivity contribution >= 4 is 64.6 Å². The van der Waals surface area contributed by atoms with Gasteiger partial charge in [-0.05, 0) is 99.0 Å². The van der Waals surface area contributed by atoms with Gasteiger partial charge in [-0.3, -0.25) is 0 Å². The molecule has 0 radical (unpaired) electrons. The van der Waals surface area contributed by atoms with Crippen LogP contribution in [0.15, 0.2) is 158 Å². The smallest absolute Gasteiger partial charge is 0.000808 e. The molecule has 0 bridgehead atoms. The van der Waals surface area contributed by atoms with Crippen LogP contribution >= 0.6 is 0 Å². The molecule has 0 atom stereocenters. The highest BCUT2D eigenvalue weighted by Gasteiger charge is 2.20. The Kier molecular flexibility index (Phi) is 5.00. The first-order valence-electron chi connectivity index (χ1n) is 14.6. The van der Waals surface area contributed by atoms with Crippen molar-refractivity contribution in [3.63, 3.8) is 0 Å². The van der Waals surface area contributed by atoms with Gasteiger partial charge in [0.1, 0.15) is 0 Å². The van der Waals surface area contributed by atoms with E-state index in [9.17, 15) is 0 Å². The molecule has 0 aliphatic heterocycles. The van der Waals surface area contributed by atoms with Gasteiger partial charge in [-0.2, -0.15) is 0 Å². The molecule has 0 nitrogen and oxygen atoms in total. The van der Waals surface area contributed by atoms with Gasteiger partial charge in [0.25, 0.3) is 0 Å². The first-order valence-corrected chi connectivity index (χ1v) is 14.6. The summed E-state index contributed by atoms with van der Waals surface area (Å²) >= 11 is 0. The minimum absolute atomic E-state index is 1.26. The van der Waals surface area contributed by atoms with Crippen molar-refractivity contribution in [2.45, 2.75) is 0 Å². The first-order chi connectivity index (χ1) is 20.8. The summed E-state index contributed by atoms with van der Waals surface area (Å²) in [5.41, 5.74) is 5.16. The molecule has 194 valence electrons. The van der Waals surface area contributed by atoms with Gasteiger partial charge in [0.15, 0.2) is 0 Å². The Morgan fingerprint density at radius 2 is 0.667 bits per heavy atom. The molecule has 0 amide bonds. The van der Waals surface area contributed by atoms with Gasteiger partial charge in [0.2, 0.25) is 0 Å². The van der Waals surface area contributed by atoms with E-state index in [1.807, 2.05) is 0 Å². The van der Waals surface area contributed by atoms with Crippen LogP contribution in [-0.4, -0.2) is 0 Å². The molecule has 0 unspecified atom stereocenters. The quantitative estimate of drug-likeness (QED) is 0.154. The first kappa shape index (κ1) is 23.3. The van der Waals surface area contributed by atoms with Gasteiger partial charge < -0.3 is 0 Å². The van der Waals surface area contributed by atoms with E-state index in [-0.39, 0.29) is 0 Å². The maximum Gasteiger partial charge on any atom is -0.000808 e. The Hall–Kier alpha value is -5.46. The Morgan fingerprint density at radius 1 is 0.238 bits per heavy atom. The Labute approximate surface area is 244 Å². The van der Waals surface area contributed by atoms with E-state index < -0.39 is 0 Å². The van der Waals surface area contributed by atoms with E-state index in [0.717, 1.165) is 0 Å². The van der Waals surface area contributed by atoms with Crippen LogP contribution < -0.4 is 0 Å². The van der Waals surface area contributed by atoms with Crippen LogP contribution in [0.25, 0.3) is 86.9 Å². The van der Waals surface area contributed by atoms with Crippen molar-refractivity contribution in [3.8, 4) is 22.3 Å². The van der Waals surface area contributed by atoms with E-state index in [1.54, 1.807) is 0 Å². The monoisotopic (exact) mass is 530 g/mol. The molecule has 0 aliphatic carbocycles. The lowest BCUT2D eigenvalue weighted by molar-refractivity contribution is 1.69. The summed E-state index contributed by atoms with van der Waals surface area (Å²) in [5, 5.41) is 15.3. The number of fused-ring (bicyclic) bond motifs is 7. The van der Waals surface area contributed by atoms with Crippen molar-refractivity contribution < 1.29 is 0 Å². The number of benzene rings is 9. The van der Waals surface area contributed by atoms with Crippen LogP contribution in [0.3, 0.4) is 0 Å². The summed E-state index contributed by atoms with van der Waals surface area (Å²) in [6.07, 6.45) is 0. The van der Waals surface area contributed by atoms with Crippen LogP contribution in [-0.2, 0) is 0 Å². The Morgan fingerprint density at radius 3 is 1.31 bits per heavy atom. The molecule has 9 rings (SSSR count). The molecular weight excluding hydrogens is 504 g/mol. The third kappa shape index (κ3) is 3.36. The topological polar surface area (TPSA) is 0 Å². The zero-order valence-corrected chi connectivity index (χ0v) is 23.0. The number of rotatable bonds is 2. The molecule has 9 aromatic carbocycles. The summed E-state index contributed by atoms with van der Waals surface area (Å²) in [7, 11) is 0. The zero-order chi connectivity index (χ0) is 27.6. The molecule has 0 N–H and O–H groups in total. The summed E-state index contributed by atoms with van der Waals surface area (Å²) < 4.78 is 0. The average Bonchev–Trinajstić information content (AvgIpc) is 3.05. The lowest BCUT2D eigenvalue weighted by Crippen LogP contribution is -1.93. The van der Waals surface area contributed by atoms with Crippen LogP contribution in [0.4, 0.5) is 0 Å². The van der Waals surface area contributed by atoms with E-state index in [4.69, 9.17) is 0 Å². The Balaban J connectivity index is 1.54. The lowest BCUT2D eigenvalue weighted by Gasteiger charge is -2.20. The molecule has 0 saturated carbocycles. The fraction of sp³-hybridized carbons (Fsp3) is 0. The van der Waals surface area contributed by atoms with Crippen LogP contribution in [0.2, 0.25) is 0 Å². The molecule has 42 heavy (non-hydrogen) atoms. The predicted octanol–water partition coefficient (Wildman–Crippen LogP) is 11.9. The fourth-order valence-corrected chi connectivity index (χ4v) is 7.17. The molecule has 0 fully saturated rings. The third-order valence-corrected chi connectivity index (χ3v) is 8.97. The van der Waals surface area contributed by atoms with E-state index >= 15 is 0 Å². The van der Waals surface area contributed by atoms with E-state index in [1.165, 1.54) is 86.9 Å². The second-order valence-electron chi connectivity index (χ2n) is 11.3. The minimum atomic E-state index is 1.26. The van der Waals surface area contributed by atoms with Gasteiger partial charge in [-0.25, -0.2) is 0 Å². The molecule has 0 spiro atoms. The highest BCUT2D eigenvalue weighted by molar-refractivity contribution is 6.27. The number of hydrogen-bond acceptors (Lipinski definition) is 0. The molecule has 0 saturated heterocycles. The highest BCUT2D eigenvalue weighted by atomic mass is 14.2. The fourth-order valence-electron chi connectivity index (χ4n) is 7.17. The molecule has 0 heterocycles. The van der Waals surface area contributed by atoms with Crippen LogP contribution in [0.1, 0.15) is 0 Å². The molecule has 0 aromatic heterocycles. The highest BCUT2D eigenvalue weighted by Crippen LogP contribution is 2.47. The summed E-state index contributed by atoms with van der Waals surface area (Å²) in [5.74, 6) is 0. The van der Waals surface area contributed by atoms with Crippen molar-refractivity contribution in [2.75, 3.05) is 0 Å². The maximum absolute atomic E-state index is 2.37. The van der Waals surface area contributed by atoms with Gasteiger partial charge in [0.05, 0.1) is 0 Å². The van der Waals surface area contributed by atoms with Crippen molar-refractivity contribution in [2.24, 2.45) is 0 Å². The molecule has 0 aliphatic rings. The zero-order valence-electron chi connectivity index (χ0n) is 23.0. The molecular formula is C42H26. The average molecular weight is 531 g/mol. The van der Waals surface area contributed by atoms with Gasteiger partial charge in [-0.1, -0.05) is 146 Å². The second-order valence-corrected chi connectivity index (χ2v) is 11.3. The second kappa shape index (κ2) is 9.03. The van der Waals surface area contributed by atoms with Crippen LogP contribution in [0.5, 0.6) is 0 Å². The van der Waals surface area contributed by atoms with E-state index in [0.29, 0.717) is 0 Å². The Bertz CT molecular complexity index is 2460. The van der Waals surface area contributed by atoms with E-state index in [2.05, 4.69) is 158 Å². The summed E-state index contributed by atoms with van der Waals surface area (Å²) in [4.78, 5) is 0. The van der Waals surface area contributed by atoms with Crippen molar-refractivity contribution in [1.29, 1.82) is 0 Å². The SMILES string of the molecule is c1ccc2c(-c3c4ccccc4cc4cccc(-c5cccc6ccc7ccccc7c56)c34)c3ccccc3cc2c1. The summed E-state index contributed by atoms with van der Waals surface area (Å²) in [6, 6.07) is 58.2. The van der Waals surface area contributed by atoms with Crippen LogP contribution in [0, 0.1) is 0 Å². The van der Waals surface area contributed by atoms with Gasteiger partial charge in [-0.15, -0.1) is 0 Å². The lowest BCUT2D eigenvalue weighted by atomic mass is 9.83.